The average molecular weight is 439 g/mol. The highest BCUT2D eigenvalue weighted by Crippen LogP contribution is 2.42. The highest BCUT2D eigenvalue weighted by atomic mass is 35.5. The van der Waals surface area contributed by atoms with Crippen LogP contribution >= 0.6 is 22.9 Å². The number of piperazine rings is 1. The van der Waals surface area contributed by atoms with Gasteiger partial charge in [-0.1, -0.05) is 30.3 Å². The van der Waals surface area contributed by atoms with Crippen LogP contribution in [0.3, 0.4) is 0 Å². The van der Waals surface area contributed by atoms with E-state index in [1.54, 1.807) is 11.3 Å². The molecule has 0 aliphatic carbocycles. The zero-order valence-corrected chi connectivity index (χ0v) is 18.1. The Hall–Kier alpha value is -2.70. The lowest BCUT2D eigenvalue weighted by atomic mass is 10.0. The molecule has 0 spiro atoms. The predicted octanol–water partition coefficient (Wildman–Crippen LogP) is 5.79. The summed E-state index contributed by atoms with van der Waals surface area (Å²) in [6, 6.07) is 17.1. The number of aryl methyl sites for hydroxylation is 1. The molecule has 1 aliphatic heterocycles. The van der Waals surface area contributed by atoms with E-state index in [1.165, 1.54) is 17.8 Å². The maximum absolute atomic E-state index is 13.5. The summed E-state index contributed by atoms with van der Waals surface area (Å²) < 4.78 is 13.5. The van der Waals surface area contributed by atoms with E-state index in [4.69, 9.17) is 11.6 Å². The summed E-state index contributed by atoms with van der Waals surface area (Å²) in [7, 11) is 0. The third-order valence-corrected chi connectivity index (χ3v) is 6.68. The van der Waals surface area contributed by atoms with Crippen molar-refractivity contribution >= 4 is 44.7 Å². The molecule has 0 atom stereocenters. The Balaban J connectivity index is 1.54. The Morgan fingerprint density at radius 2 is 1.57 bits per heavy atom. The first-order chi connectivity index (χ1) is 14.6. The second-order valence-electron chi connectivity index (χ2n) is 7.35. The van der Waals surface area contributed by atoms with Gasteiger partial charge in [0.1, 0.15) is 16.5 Å². The van der Waals surface area contributed by atoms with Crippen LogP contribution < -0.4 is 9.80 Å². The third-order valence-electron chi connectivity index (χ3n) is 5.51. The van der Waals surface area contributed by atoms with Crippen LogP contribution in [0.1, 0.15) is 4.88 Å². The fraction of sp³-hybridized carbons (Fsp3) is 0.217. The van der Waals surface area contributed by atoms with Crippen LogP contribution in [-0.2, 0) is 0 Å². The fourth-order valence-corrected chi connectivity index (χ4v) is 5.33. The molecule has 0 radical (unpaired) electrons. The van der Waals surface area contributed by atoms with Crippen molar-refractivity contribution in [3.63, 3.8) is 0 Å². The van der Waals surface area contributed by atoms with Gasteiger partial charge in [-0.25, -0.2) is 9.37 Å². The van der Waals surface area contributed by atoms with E-state index in [9.17, 15) is 4.39 Å². The van der Waals surface area contributed by atoms with Crippen LogP contribution in [0.15, 0.2) is 54.6 Å². The summed E-state index contributed by atoms with van der Waals surface area (Å²) in [5, 5.41) is 1.26. The van der Waals surface area contributed by atoms with Gasteiger partial charge in [-0.05, 0) is 48.4 Å². The molecule has 7 heteroatoms. The molecule has 1 aliphatic rings. The highest BCUT2D eigenvalue weighted by molar-refractivity contribution is 7.19. The van der Waals surface area contributed by atoms with E-state index >= 15 is 0 Å². The van der Waals surface area contributed by atoms with Crippen LogP contribution in [-0.4, -0.2) is 36.1 Å². The monoisotopic (exact) mass is 438 g/mol. The van der Waals surface area contributed by atoms with Gasteiger partial charge in [0.2, 0.25) is 5.28 Å². The summed E-state index contributed by atoms with van der Waals surface area (Å²) in [5.41, 5.74) is 3.27. The zero-order valence-electron chi connectivity index (χ0n) is 16.5. The van der Waals surface area contributed by atoms with Crippen molar-refractivity contribution in [2.75, 3.05) is 36.0 Å². The maximum atomic E-state index is 13.5. The molecule has 2 aromatic carbocycles. The third kappa shape index (κ3) is 3.50. The topological polar surface area (TPSA) is 32.3 Å². The van der Waals surface area contributed by atoms with Crippen LogP contribution in [0.4, 0.5) is 15.9 Å². The lowest BCUT2D eigenvalue weighted by molar-refractivity contribution is 0.628. The van der Waals surface area contributed by atoms with Gasteiger partial charge in [0.05, 0.1) is 5.39 Å². The van der Waals surface area contributed by atoms with Gasteiger partial charge in [-0.15, -0.1) is 11.3 Å². The molecule has 0 unspecified atom stereocenters. The molecule has 152 valence electrons. The number of hydrogen-bond acceptors (Lipinski definition) is 5. The second-order valence-corrected chi connectivity index (χ2v) is 8.89. The van der Waals surface area contributed by atoms with Gasteiger partial charge in [0, 0.05) is 42.3 Å². The summed E-state index contributed by atoms with van der Waals surface area (Å²) in [6.45, 7) is 5.56. The van der Waals surface area contributed by atoms with Gasteiger partial charge in [0.15, 0.2) is 0 Å². The van der Waals surface area contributed by atoms with Crippen LogP contribution in [0.5, 0.6) is 0 Å². The van der Waals surface area contributed by atoms with Crippen molar-refractivity contribution < 1.29 is 4.39 Å². The Labute approximate surface area is 183 Å². The van der Waals surface area contributed by atoms with Gasteiger partial charge in [0.25, 0.3) is 0 Å². The minimum atomic E-state index is -0.243. The number of fused-ring (bicyclic) bond motifs is 1. The van der Waals surface area contributed by atoms with Gasteiger partial charge in [-0.2, -0.15) is 4.98 Å². The van der Waals surface area contributed by atoms with E-state index in [2.05, 4.69) is 51.0 Å². The van der Waals surface area contributed by atoms with Crippen molar-refractivity contribution in [3.8, 4) is 11.1 Å². The lowest BCUT2D eigenvalue weighted by Crippen LogP contribution is -2.47. The summed E-state index contributed by atoms with van der Waals surface area (Å²) >= 11 is 7.89. The average Bonchev–Trinajstić information content (AvgIpc) is 3.10. The number of thiophene rings is 1. The summed E-state index contributed by atoms with van der Waals surface area (Å²) in [6.07, 6.45) is 0. The molecule has 0 saturated carbocycles. The Morgan fingerprint density at radius 3 is 2.27 bits per heavy atom. The number of hydrogen-bond donors (Lipinski definition) is 0. The smallest absolute Gasteiger partial charge is 0.225 e. The minimum Gasteiger partial charge on any atom is -0.368 e. The van der Waals surface area contributed by atoms with E-state index in [0.717, 1.165) is 58.2 Å². The SMILES string of the molecule is Cc1sc2nc(Cl)nc(N3CCN(c4ccccc4)CC3)c2c1-c1ccc(F)cc1. The molecule has 30 heavy (non-hydrogen) atoms. The number of para-hydroxylation sites is 1. The quantitative estimate of drug-likeness (QED) is 0.379. The second kappa shape index (κ2) is 7.85. The Kier molecular flexibility index (Phi) is 5.05. The minimum absolute atomic E-state index is 0.243. The molecule has 0 N–H and O–H groups in total. The van der Waals surface area contributed by atoms with Crippen molar-refractivity contribution in [2.45, 2.75) is 6.92 Å². The van der Waals surface area contributed by atoms with E-state index < -0.39 is 0 Å². The number of nitrogens with zero attached hydrogens (tertiary/aromatic N) is 4. The van der Waals surface area contributed by atoms with E-state index in [-0.39, 0.29) is 11.1 Å². The van der Waals surface area contributed by atoms with Crippen molar-refractivity contribution in [2.24, 2.45) is 0 Å². The fourth-order valence-electron chi connectivity index (χ4n) is 4.08. The molecule has 1 saturated heterocycles. The molecular weight excluding hydrogens is 419 g/mol. The maximum Gasteiger partial charge on any atom is 0.225 e. The first-order valence-electron chi connectivity index (χ1n) is 9.87. The largest absolute Gasteiger partial charge is 0.368 e. The van der Waals surface area contributed by atoms with Crippen LogP contribution in [0.2, 0.25) is 5.28 Å². The molecule has 4 nitrogen and oxygen atoms in total. The Morgan fingerprint density at radius 1 is 0.900 bits per heavy atom. The first-order valence-corrected chi connectivity index (χ1v) is 11.1. The molecule has 2 aromatic heterocycles. The molecule has 5 rings (SSSR count). The lowest BCUT2D eigenvalue weighted by Gasteiger charge is -2.37. The number of benzene rings is 2. The van der Waals surface area contributed by atoms with Gasteiger partial charge in [-0.3, -0.25) is 0 Å². The molecule has 3 heterocycles. The van der Waals surface area contributed by atoms with Crippen LogP contribution in [0, 0.1) is 12.7 Å². The molecule has 0 bridgehead atoms. The summed E-state index contributed by atoms with van der Waals surface area (Å²) in [5.74, 6) is 0.619. The van der Waals surface area contributed by atoms with Gasteiger partial charge < -0.3 is 9.80 Å². The van der Waals surface area contributed by atoms with Crippen molar-refractivity contribution in [1.29, 1.82) is 0 Å². The number of halogens is 2. The summed E-state index contributed by atoms with van der Waals surface area (Å²) in [4.78, 5) is 15.8. The van der Waals surface area contributed by atoms with Crippen molar-refractivity contribution in [3.05, 3.63) is 70.6 Å². The normalized spacial score (nSPS) is 14.5. The Bertz CT molecular complexity index is 1190. The van der Waals surface area contributed by atoms with E-state index in [0.29, 0.717) is 0 Å². The molecule has 0 amide bonds. The predicted molar refractivity (Wildman–Crippen MR) is 123 cm³/mol. The number of rotatable bonds is 3. The molecular formula is C23H20ClFN4S. The van der Waals surface area contributed by atoms with E-state index in [1.807, 2.05) is 18.2 Å². The standard InChI is InChI=1S/C23H20ClFN4S/c1-15-19(16-7-9-17(25)10-8-16)20-21(26-23(24)27-22(20)30-15)29-13-11-28(12-14-29)18-5-3-2-4-6-18/h2-10H,11-14H2,1H3. The first kappa shape index (κ1) is 19.3. The molecule has 1 fully saturated rings. The number of aromatic nitrogens is 2. The van der Waals surface area contributed by atoms with Gasteiger partial charge >= 0.3 is 0 Å². The highest BCUT2D eigenvalue weighted by Gasteiger charge is 2.25. The molecule has 4 aromatic rings. The zero-order chi connectivity index (χ0) is 20.7. The van der Waals surface area contributed by atoms with Crippen LogP contribution in [0.25, 0.3) is 21.3 Å². The van der Waals surface area contributed by atoms with Crippen molar-refractivity contribution in [1.82, 2.24) is 9.97 Å². The number of anilines is 2.